The van der Waals surface area contributed by atoms with E-state index in [1.807, 2.05) is 18.2 Å². The van der Waals surface area contributed by atoms with Crippen LogP contribution in [0.2, 0.25) is 0 Å². The zero-order valence-electron chi connectivity index (χ0n) is 17.4. The second-order valence-electron chi connectivity index (χ2n) is 7.05. The molecule has 0 aromatic heterocycles. The molecule has 1 N–H and O–H groups in total. The van der Waals surface area contributed by atoms with Gasteiger partial charge < -0.3 is 24.4 Å². The summed E-state index contributed by atoms with van der Waals surface area (Å²) in [5, 5.41) is 2.96. The molecule has 8 heteroatoms. The van der Waals surface area contributed by atoms with Gasteiger partial charge in [-0.3, -0.25) is 9.59 Å². The van der Waals surface area contributed by atoms with Crippen molar-refractivity contribution in [1.29, 1.82) is 0 Å². The number of carbonyl (C=O) groups excluding carboxylic acids is 3. The Labute approximate surface area is 181 Å². The molecule has 1 aliphatic heterocycles. The summed E-state index contributed by atoms with van der Waals surface area (Å²) in [6.45, 7) is 2.97. The summed E-state index contributed by atoms with van der Waals surface area (Å²) in [4.78, 5) is 37.9. The highest BCUT2D eigenvalue weighted by atomic mass is 16.7. The highest BCUT2D eigenvalue weighted by Crippen LogP contribution is 2.18. The van der Waals surface area contributed by atoms with E-state index in [-0.39, 0.29) is 31.1 Å². The first-order valence-corrected chi connectivity index (χ1v) is 10.3. The Morgan fingerprint density at radius 2 is 1.65 bits per heavy atom. The van der Waals surface area contributed by atoms with Crippen molar-refractivity contribution in [2.75, 3.05) is 26.3 Å². The van der Waals surface area contributed by atoms with Crippen LogP contribution in [0.15, 0.2) is 54.6 Å². The first kappa shape index (κ1) is 22.1. The number of para-hydroxylation sites is 1. The molecule has 2 aromatic carbocycles. The van der Waals surface area contributed by atoms with Crippen LogP contribution in [0.4, 0.5) is 4.79 Å². The number of benzene rings is 2. The van der Waals surface area contributed by atoms with E-state index in [4.69, 9.17) is 14.2 Å². The van der Waals surface area contributed by atoms with Gasteiger partial charge in [0, 0.05) is 24.7 Å². The van der Waals surface area contributed by atoms with Crippen LogP contribution in [0.5, 0.6) is 11.5 Å². The molecule has 0 radical (unpaired) electrons. The van der Waals surface area contributed by atoms with Crippen molar-refractivity contribution in [1.82, 2.24) is 10.2 Å². The Balaban J connectivity index is 1.42. The van der Waals surface area contributed by atoms with E-state index >= 15 is 0 Å². The van der Waals surface area contributed by atoms with Gasteiger partial charge >= 0.3 is 6.16 Å². The number of carbonyl (C=O) groups is 3. The lowest BCUT2D eigenvalue weighted by molar-refractivity contribution is -0.124. The van der Waals surface area contributed by atoms with Crippen LogP contribution < -0.4 is 14.8 Å². The lowest BCUT2D eigenvalue weighted by Crippen LogP contribution is -2.47. The molecule has 1 aliphatic rings. The molecule has 31 heavy (non-hydrogen) atoms. The van der Waals surface area contributed by atoms with E-state index in [0.717, 1.165) is 0 Å². The molecule has 0 saturated carbocycles. The number of amides is 2. The summed E-state index contributed by atoms with van der Waals surface area (Å²) in [6, 6.07) is 15.5. The number of nitrogens with zero attached hydrogens (tertiary/aromatic N) is 1. The third kappa shape index (κ3) is 6.74. The van der Waals surface area contributed by atoms with Crippen molar-refractivity contribution in [3.63, 3.8) is 0 Å². The van der Waals surface area contributed by atoms with Gasteiger partial charge in [-0.2, -0.15) is 0 Å². The number of hydrogen-bond acceptors (Lipinski definition) is 6. The molecule has 1 saturated heterocycles. The van der Waals surface area contributed by atoms with Crippen LogP contribution in [0.25, 0.3) is 0 Å². The Morgan fingerprint density at radius 3 is 2.29 bits per heavy atom. The van der Waals surface area contributed by atoms with Crippen LogP contribution in [-0.4, -0.2) is 55.2 Å². The van der Waals surface area contributed by atoms with Gasteiger partial charge in [-0.05, 0) is 56.2 Å². The van der Waals surface area contributed by atoms with Crippen LogP contribution in [0, 0.1) is 0 Å². The maximum absolute atomic E-state index is 12.7. The monoisotopic (exact) mass is 426 g/mol. The lowest BCUT2D eigenvalue weighted by atomic mass is 10.0. The average Bonchev–Trinajstić information content (AvgIpc) is 2.79. The third-order valence-electron chi connectivity index (χ3n) is 4.83. The quantitative estimate of drug-likeness (QED) is 0.540. The summed E-state index contributed by atoms with van der Waals surface area (Å²) in [7, 11) is 0. The van der Waals surface area contributed by atoms with Crippen LogP contribution in [-0.2, 0) is 9.53 Å². The van der Waals surface area contributed by atoms with E-state index in [9.17, 15) is 14.4 Å². The van der Waals surface area contributed by atoms with Crippen molar-refractivity contribution >= 4 is 18.0 Å². The largest absolute Gasteiger partial charge is 0.513 e. The molecule has 2 amide bonds. The summed E-state index contributed by atoms with van der Waals surface area (Å²) in [5.41, 5.74) is 0.509. The first-order valence-electron chi connectivity index (χ1n) is 10.3. The number of ether oxygens (including phenoxy) is 3. The Kier molecular flexibility index (Phi) is 7.86. The van der Waals surface area contributed by atoms with Crippen LogP contribution >= 0.6 is 0 Å². The maximum atomic E-state index is 12.7. The van der Waals surface area contributed by atoms with E-state index in [0.29, 0.717) is 43.0 Å². The van der Waals surface area contributed by atoms with Crippen molar-refractivity contribution in [3.8, 4) is 11.5 Å². The van der Waals surface area contributed by atoms with Gasteiger partial charge in [0.2, 0.25) is 0 Å². The molecular weight excluding hydrogens is 400 g/mol. The molecule has 164 valence electrons. The van der Waals surface area contributed by atoms with Gasteiger partial charge in [0.1, 0.15) is 11.5 Å². The Hall–Kier alpha value is -3.55. The average molecular weight is 426 g/mol. The van der Waals surface area contributed by atoms with Gasteiger partial charge in [0.15, 0.2) is 6.61 Å². The number of likely N-dealkylation sites (tertiary alicyclic amines) is 1. The first-order chi connectivity index (χ1) is 15.0. The molecule has 8 nitrogen and oxygen atoms in total. The van der Waals surface area contributed by atoms with E-state index in [1.165, 1.54) is 0 Å². The van der Waals surface area contributed by atoms with Gasteiger partial charge in [0.25, 0.3) is 11.8 Å². The summed E-state index contributed by atoms with van der Waals surface area (Å²) in [6.07, 6.45) is 0.569. The predicted octanol–water partition coefficient (Wildman–Crippen LogP) is 3.02. The summed E-state index contributed by atoms with van der Waals surface area (Å²) in [5.74, 6) is 0.691. The highest BCUT2D eigenvalue weighted by molar-refractivity contribution is 5.94. The van der Waals surface area contributed by atoms with Crippen LogP contribution in [0.1, 0.15) is 30.1 Å². The number of rotatable bonds is 7. The zero-order valence-corrected chi connectivity index (χ0v) is 17.4. The minimum Gasteiger partial charge on any atom is -0.484 e. The molecular formula is C23H26N2O6. The molecule has 0 unspecified atom stereocenters. The minimum atomic E-state index is -0.778. The molecule has 2 aromatic rings. The molecule has 0 aliphatic carbocycles. The smallest absolute Gasteiger partial charge is 0.484 e. The van der Waals surface area contributed by atoms with Crippen molar-refractivity contribution in [2.24, 2.45) is 0 Å². The van der Waals surface area contributed by atoms with Crippen molar-refractivity contribution < 1.29 is 28.6 Å². The lowest BCUT2D eigenvalue weighted by Gasteiger charge is -2.32. The SMILES string of the molecule is CCOC(=O)Oc1ccc(C(=O)N2CCC(NC(=O)COc3ccccc3)CC2)cc1. The van der Waals surface area contributed by atoms with Crippen LogP contribution in [0.3, 0.4) is 0 Å². The van der Waals surface area contributed by atoms with E-state index in [2.05, 4.69) is 5.32 Å². The molecule has 1 heterocycles. The maximum Gasteiger partial charge on any atom is 0.513 e. The van der Waals surface area contributed by atoms with Gasteiger partial charge in [-0.25, -0.2) is 4.79 Å². The number of piperidine rings is 1. The summed E-state index contributed by atoms with van der Waals surface area (Å²) >= 11 is 0. The second-order valence-corrected chi connectivity index (χ2v) is 7.05. The molecule has 0 bridgehead atoms. The highest BCUT2D eigenvalue weighted by Gasteiger charge is 2.24. The predicted molar refractivity (Wildman–Crippen MR) is 113 cm³/mol. The van der Waals surface area contributed by atoms with Gasteiger partial charge in [-0.1, -0.05) is 18.2 Å². The molecule has 0 spiro atoms. The molecule has 0 atom stereocenters. The third-order valence-corrected chi connectivity index (χ3v) is 4.83. The van der Waals surface area contributed by atoms with Gasteiger partial charge in [-0.15, -0.1) is 0 Å². The minimum absolute atomic E-state index is 0.0104. The Morgan fingerprint density at radius 1 is 0.968 bits per heavy atom. The van der Waals surface area contributed by atoms with E-state index < -0.39 is 6.16 Å². The van der Waals surface area contributed by atoms with Gasteiger partial charge in [0.05, 0.1) is 6.61 Å². The number of hydrogen-bond donors (Lipinski definition) is 1. The molecule has 3 rings (SSSR count). The standard InChI is InChI=1S/C23H26N2O6/c1-2-29-23(28)31-20-10-8-17(9-11-20)22(27)25-14-12-18(13-15-25)24-21(26)16-30-19-6-4-3-5-7-19/h3-11,18H,2,12-16H2,1H3,(H,24,26). The second kappa shape index (κ2) is 11.0. The topological polar surface area (TPSA) is 94.2 Å². The fourth-order valence-electron chi connectivity index (χ4n) is 3.25. The number of nitrogens with one attached hydrogen (secondary N) is 1. The fourth-order valence-corrected chi connectivity index (χ4v) is 3.25. The van der Waals surface area contributed by atoms with Crippen molar-refractivity contribution in [3.05, 3.63) is 60.2 Å². The molecule has 1 fully saturated rings. The fraction of sp³-hybridized carbons (Fsp3) is 0.348. The Bertz CT molecular complexity index is 877. The summed E-state index contributed by atoms with van der Waals surface area (Å²) < 4.78 is 15.2. The normalized spacial score (nSPS) is 13.9. The zero-order chi connectivity index (χ0) is 22.1. The van der Waals surface area contributed by atoms with E-state index in [1.54, 1.807) is 48.2 Å². The van der Waals surface area contributed by atoms with Crippen molar-refractivity contribution in [2.45, 2.75) is 25.8 Å².